The fourth-order valence-electron chi connectivity index (χ4n) is 5.27. The Hall–Kier alpha value is -3.53. The number of aliphatic hydroxyl groups excluding tert-OH is 1. The summed E-state index contributed by atoms with van der Waals surface area (Å²) in [5.74, 6) is 1.13. The number of fused-ring (bicyclic) bond motifs is 2. The Balaban J connectivity index is 1.55. The van der Waals surface area contributed by atoms with E-state index in [2.05, 4.69) is 5.10 Å². The van der Waals surface area contributed by atoms with E-state index in [1.807, 2.05) is 4.90 Å². The van der Waals surface area contributed by atoms with Crippen LogP contribution in [0, 0.1) is 0 Å². The third kappa shape index (κ3) is 3.89. The van der Waals surface area contributed by atoms with Gasteiger partial charge in [0.05, 0.1) is 23.0 Å². The number of aliphatic hydroxyl groups is 1. The van der Waals surface area contributed by atoms with Crippen LogP contribution in [0.4, 0.5) is 18.9 Å². The van der Waals surface area contributed by atoms with Gasteiger partial charge in [-0.1, -0.05) is 0 Å². The molecule has 1 saturated heterocycles. The second-order valence-electron chi connectivity index (χ2n) is 9.32. The number of ether oxygens (including phenoxy) is 2. The number of halogens is 3. The molecule has 3 heterocycles. The van der Waals surface area contributed by atoms with E-state index >= 15 is 0 Å². The lowest BCUT2D eigenvalue weighted by Gasteiger charge is -2.22. The van der Waals surface area contributed by atoms with Gasteiger partial charge >= 0.3 is 6.18 Å². The summed E-state index contributed by atoms with van der Waals surface area (Å²) in [6.45, 7) is 1.67. The third-order valence-electron chi connectivity index (χ3n) is 7.01. The van der Waals surface area contributed by atoms with Gasteiger partial charge in [-0.05, 0) is 67.6 Å². The second kappa shape index (κ2) is 8.55. The van der Waals surface area contributed by atoms with Crippen LogP contribution in [0.25, 0.3) is 16.9 Å². The predicted octanol–water partition coefficient (Wildman–Crippen LogP) is 3.75. The maximum Gasteiger partial charge on any atom is 0.418 e. The fourth-order valence-corrected chi connectivity index (χ4v) is 5.27. The number of alkyl halides is 3. The van der Waals surface area contributed by atoms with Crippen molar-refractivity contribution >= 4 is 5.69 Å². The summed E-state index contributed by atoms with van der Waals surface area (Å²) in [4.78, 5) is 15.3. The van der Waals surface area contributed by atoms with Gasteiger partial charge in [-0.3, -0.25) is 4.79 Å². The average Bonchev–Trinajstić information content (AvgIpc) is 3.53. The molecule has 3 aromatic rings. The van der Waals surface area contributed by atoms with Crippen LogP contribution >= 0.6 is 0 Å². The minimum absolute atomic E-state index is 0.319. The molecule has 1 aromatic heterocycles. The first-order valence-corrected chi connectivity index (χ1v) is 12.0. The van der Waals surface area contributed by atoms with Gasteiger partial charge in [-0.2, -0.15) is 23.0 Å². The molecule has 0 saturated carbocycles. The van der Waals surface area contributed by atoms with Gasteiger partial charge in [0.1, 0.15) is 13.2 Å². The van der Waals surface area contributed by atoms with E-state index in [-0.39, 0.29) is 5.69 Å². The maximum atomic E-state index is 14.1. The average molecular weight is 499 g/mol. The summed E-state index contributed by atoms with van der Waals surface area (Å²) < 4.78 is 54.5. The van der Waals surface area contributed by atoms with Crippen molar-refractivity contribution in [2.75, 3.05) is 31.2 Å². The number of hydrogen-bond acceptors (Lipinski definition) is 6. The van der Waals surface area contributed by atoms with Crippen molar-refractivity contribution in [3.05, 3.63) is 63.4 Å². The Morgan fingerprint density at radius 3 is 2.53 bits per heavy atom. The van der Waals surface area contributed by atoms with E-state index in [1.54, 1.807) is 18.2 Å². The molecule has 0 amide bonds. The van der Waals surface area contributed by atoms with Crippen molar-refractivity contribution in [2.45, 2.75) is 38.0 Å². The number of aromatic nitrogens is 2. The number of β-amino-alcohol motifs (C(OH)–C–C–N with tert-alkyl or cyclic N) is 1. The van der Waals surface area contributed by atoms with E-state index in [4.69, 9.17) is 9.47 Å². The summed E-state index contributed by atoms with van der Waals surface area (Å²) in [5.41, 5.74) is 1.09. The Morgan fingerprint density at radius 2 is 1.78 bits per heavy atom. The van der Waals surface area contributed by atoms with Crippen molar-refractivity contribution in [1.82, 2.24) is 9.78 Å². The first-order chi connectivity index (χ1) is 17.3. The molecule has 6 rings (SSSR count). The zero-order valence-electron chi connectivity index (χ0n) is 19.3. The maximum absolute atomic E-state index is 14.1. The van der Waals surface area contributed by atoms with E-state index in [1.165, 1.54) is 12.1 Å². The number of anilines is 1. The molecule has 1 fully saturated rings. The van der Waals surface area contributed by atoms with Crippen LogP contribution in [0.3, 0.4) is 0 Å². The lowest BCUT2D eigenvalue weighted by atomic mass is 10.0. The standard InChI is InChI=1S/C26H24F3N3O4/c27-26(28,29)20-6-5-16(31-9-8-17(33)14-31)13-21(20)32-25(34)19-3-1-2-18(19)24(30-32)15-4-7-22-23(12-15)36-11-10-35-22/h4-7,12-13,17,33H,1-3,8-11,14H2/t17-/m0/s1. The Kier molecular flexibility index (Phi) is 5.44. The van der Waals surface area contributed by atoms with Crippen molar-refractivity contribution in [3.63, 3.8) is 0 Å². The van der Waals surface area contributed by atoms with Crippen LogP contribution in [0.2, 0.25) is 0 Å². The smallest absolute Gasteiger partial charge is 0.418 e. The van der Waals surface area contributed by atoms with Crippen molar-refractivity contribution in [1.29, 1.82) is 0 Å². The molecule has 7 nitrogen and oxygen atoms in total. The molecule has 1 atom stereocenters. The van der Waals surface area contributed by atoms with Gasteiger partial charge in [-0.25, -0.2) is 0 Å². The van der Waals surface area contributed by atoms with Gasteiger partial charge in [-0.15, -0.1) is 0 Å². The third-order valence-corrected chi connectivity index (χ3v) is 7.01. The Bertz CT molecular complexity index is 1400. The highest BCUT2D eigenvalue weighted by molar-refractivity contribution is 5.69. The molecule has 3 aliphatic rings. The SMILES string of the molecule is O=c1c2c(c(-c3ccc4c(c3)OCCO4)nn1-c1cc(N3CC[C@H](O)C3)ccc1C(F)(F)F)CCC2. The summed E-state index contributed by atoms with van der Waals surface area (Å²) in [7, 11) is 0. The van der Waals surface area contributed by atoms with E-state index in [0.717, 1.165) is 22.7 Å². The van der Waals surface area contributed by atoms with Crippen LogP contribution in [0.5, 0.6) is 11.5 Å². The number of benzene rings is 2. The first-order valence-electron chi connectivity index (χ1n) is 12.0. The van der Waals surface area contributed by atoms with Crippen LogP contribution in [0.1, 0.15) is 29.5 Å². The van der Waals surface area contributed by atoms with Gasteiger partial charge in [0.2, 0.25) is 0 Å². The molecular weight excluding hydrogens is 475 g/mol. The predicted molar refractivity (Wildman–Crippen MR) is 126 cm³/mol. The lowest BCUT2D eigenvalue weighted by Crippen LogP contribution is -2.29. The first kappa shape index (κ1) is 22.9. The highest BCUT2D eigenvalue weighted by atomic mass is 19.4. The number of hydrogen-bond donors (Lipinski definition) is 1. The molecule has 2 aromatic carbocycles. The summed E-state index contributed by atoms with van der Waals surface area (Å²) in [6.07, 6.45) is -2.87. The minimum atomic E-state index is -4.68. The molecular formula is C26H24F3N3O4. The number of nitrogens with zero attached hydrogens (tertiary/aromatic N) is 3. The van der Waals surface area contributed by atoms with Crippen LogP contribution in [-0.4, -0.2) is 47.3 Å². The van der Waals surface area contributed by atoms with Crippen LogP contribution in [-0.2, 0) is 19.0 Å². The highest BCUT2D eigenvalue weighted by Gasteiger charge is 2.36. The molecule has 188 valence electrons. The molecule has 0 unspecified atom stereocenters. The highest BCUT2D eigenvalue weighted by Crippen LogP contribution is 2.39. The molecule has 0 spiro atoms. The van der Waals surface area contributed by atoms with Gasteiger partial charge in [0.15, 0.2) is 11.5 Å². The summed E-state index contributed by atoms with van der Waals surface area (Å²) in [5, 5.41) is 14.4. The zero-order chi connectivity index (χ0) is 25.0. The van der Waals surface area contributed by atoms with Gasteiger partial charge < -0.3 is 19.5 Å². The normalized spacial score (nSPS) is 19.0. The summed E-state index contributed by atoms with van der Waals surface area (Å²) >= 11 is 0. The van der Waals surface area contributed by atoms with Crippen LogP contribution < -0.4 is 19.9 Å². The molecule has 2 aliphatic heterocycles. The Morgan fingerprint density at radius 1 is 1.00 bits per heavy atom. The molecule has 1 aliphatic carbocycles. The van der Waals surface area contributed by atoms with Gasteiger partial charge in [0, 0.05) is 29.9 Å². The fraction of sp³-hybridized carbons (Fsp3) is 0.385. The molecule has 10 heteroatoms. The summed E-state index contributed by atoms with van der Waals surface area (Å²) in [6, 6.07) is 9.02. The molecule has 0 radical (unpaired) electrons. The molecule has 0 bridgehead atoms. The largest absolute Gasteiger partial charge is 0.486 e. The number of rotatable bonds is 3. The monoisotopic (exact) mass is 499 g/mol. The topological polar surface area (TPSA) is 76.8 Å². The van der Waals surface area contributed by atoms with Crippen molar-refractivity contribution in [3.8, 4) is 28.4 Å². The van der Waals surface area contributed by atoms with E-state index < -0.39 is 23.4 Å². The van der Waals surface area contributed by atoms with Crippen molar-refractivity contribution < 1.29 is 27.8 Å². The molecule has 1 N–H and O–H groups in total. The Labute approximate surface area is 204 Å². The lowest BCUT2D eigenvalue weighted by molar-refractivity contribution is -0.137. The second-order valence-corrected chi connectivity index (χ2v) is 9.32. The van der Waals surface area contributed by atoms with Gasteiger partial charge in [0.25, 0.3) is 5.56 Å². The minimum Gasteiger partial charge on any atom is -0.486 e. The van der Waals surface area contributed by atoms with E-state index in [0.29, 0.717) is 79.6 Å². The van der Waals surface area contributed by atoms with E-state index in [9.17, 15) is 23.1 Å². The molecule has 36 heavy (non-hydrogen) atoms. The van der Waals surface area contributed by atoms with Crippen molar-refractivity contribution in [2.24, 2.45) is 0 Å². The zero-order valence-corrected chi connectivity index (χ0v) is 19.3. The quantitative estimate of drug-likeness (QED) is 0.592. The van der Waals surface area contributed by atoms with Crippen LogP contribution in [0.15, 0.2) is 41.2 Å².